The number of ether oxygens (including phenoxy) is 1. The predicted molar refractivity (Wildman–Crippen MR) is 125 cm³/mol. The monoisotopic (exact) mass is 427 g/mol. The Hall–Kier alpha value is -2.54. The molecule has 1 fully saturated rings. The largest absolute Gasteiger partial charge is 0.497 e. The van der Waals surface area contributed by atoms with Gasteiger partial charge in [-0.3, -0.25) is 9.89 Å². The molecule has 1 aliphatic rings. The zero-order chi connectivity index (χ0) is 22.2. The van der Waals surface area contributed by atoms with Gasteiger partial charge in [-0.1, -0.05) is 24.2 Å². The lowest BCUT2D eigenvalue weighted by Crippen LogP contribution is -2.42. The molecule has 0 aliphatic carbocycles. The van der Waals surface area contributed by atoms with Gasteiger partial charge in [-0.2, -0.15) is 0 Å². The van der Waals surface area contributed by atoms with Crippen molar-refractivity contribution in [3.05, 3.63) is 46.8 Å². The van der Waals surface area contributed by atoms with Crippen LogP contribution in [-0.2, 0) is 0 Å². The van der Waals surface area contributed by atoms with Crippen LogP contribution >= 0.6 is 0 Å². The average molecular weight is 428 g/mol. The van der Waals surface area contributed by atoms with Gasteiger partial charge in [-0.15, -0.1) is 0 Å². The maximum atomic E-state index is 5.46. The van der Waals surface area contributed by atoms with Gasteiger partial charge in [0.2, 0.25) is 0 Å². The maximum Gasteiger partial charge on any atom is 0.191 e. The Morgan fingerprint density at radius 3 is 2.68 bits per heavy atom. The third-order valence-electron chi connectivity index (χ3n) is 5.97. The summed E-state index contributed by atoms with van der Waals surface area (Å²) in [4.78, 5) is 7.41. The molecule has 1 saturated heterocycles. The molecule has 170 valence electrons. The number of hydrogen-bond acceptors (Lipinski definition) is 5. The maximum absolute atomic E-state index is 5.46. The second-order valence-corrected chi connectivity index (χ2v) is 8.27. The van der Waals surface area contributed by atoms with E-state index in [1.807, 2.05) is 19.9 Å². The van der Waals surface area contributed by atoms with E-state index in [-0.39, 0.29) is 12.0 Å². The van der Waals surface area contributed by atoms with Crippen LogP contribution in [0.15, 0.2) is 33.8 Å². The van der Waals surface area contributed by atoms with Crippen molar-refractivity contribution >= 4 is 5.96 Å². The first kappa shape index (κ1) is 23.1. The Morgan fingerprint density at radius 1 is 1.26 bits per heavy atom. The average Bonchev–Trinajstić information content (AvgIpc) is 3.42. The van der Waals surface area contributed by atoms with Crippen molar-refractivity contribution in [2.24, 2.45) is 4.99 Å². The zero-order valence-corrected chi connectivity index (χ0v) is 19.6. The summed E-state index contributed by atoms with van der Waals surface area (Å²) in [6.45, 7) is 12.8. The quantitative estimate of drug-likeness (QED) is 0.468. The first-order valence-corrected chi connectivity index (χ1v) is 11.4. The Balaban J connectivity index is 1.71. The summed E-state index contributed by atoms with van der Waals surface area (Å²) >= 11 is 0. The van der Waals surface area contributed by atoms with Crippen molar-refractivity contribution in [3.63, 3.8) is 0 Å². The molecule has 0 bridgehead atoms. The van der Waals surface area contributed by atoms with E-state index in [1.54, 1.807) is 7.11 Å². The molecule has 1 aromatic carbocycles. The van der Waals surface area contributed by atoms with Crippen LogP contribution in [0.1, 0.15) is 61.2 Å². The molecule has 2 aromatic rings. The van der Waals surface area contributed by atoms with Crippen molar-refractivity contribution in [1.82, 2.24) is 20.7 Å². The van der Waals surface area contributed by atoms with Gasteiger partial charge in [0.15, 0.2) is 5.96 Å². The summed E-state index contributed by atoms with van der Waals surface area (Å²) < 4.78 is 10.8. The summed E-state index contributed by atoms with van der Waals surface area (Å²) in [5, 5.41) is 11.1. The molecule has 0 radical (unpaired) electrons. The van der Waals surface area contributed by atoms with Crippen molar-refractivity contribution in [1.29, 1.82) is 0 Å². The molecule has 1 aliphatic heterocycles. The van der Waals surface area contributed by atoms with E-state index in [1.165, 1.54) is 18.4 Å². The Morgan fingerprint density at radius 2 is 2.03 bits per heavy atom. The molecule has 7 nitrogen and oxygen atoms in total. The lowest BCUT2D eigenvalue weighted by molar-refractivity contribution is 0.245. The number of rotatable bonds is 9. The van der Waals surface area contributed by atoms with Crippen molar-refractivity contribution in [2.75, 3.05) is 39.8 Å². The molecule has 0 amide bonds. The molecule has 2 heterocycles. The van der Waals surface area contributed by atoms with Gasteiger partial charge in [-0.25, -0.2) is 0 Å². The zero-order valence-electron chi connectivity index (χ0n) is 19.6. The second kappa shape index (κ2) is 11.2. The van der Waals surface area contributed by atoms with E-state index in [2.05, 4.69) is 52.7 Å². The number of aliphatic imine (C=N–C) groups is 1. The highest BCUT2D eigenvalue weighted by Crippen LogP contribution is 2.27. The molecule has 0 spiro atoms. The van der Waals surface area contributed by atoms with Crippen molar-refractivity contribution in [3.8, 4) is 5.75 Å². The number of guanidine groups is 1. The van der Waals surface area contributed by atoms with Gasteiger partial charge >= 0.3 is 0 Å². The molecule has 2 N–H and O–H groups in total. The van der Waals surface area contributed by atoms with Crippen LogP contribution in [0.5, 0.6) is 5.75 Å². The van der Waals surface area contributed by atoms with Gasteiger partial charge < -0.3 is 19.9 Å². The number of methoxy groups -OCH3 is 1. The van der Waals surface area contributed by atoms with Crippen LogP contribution in [0.25, 0.3) is 0 Å². The summed E-state index contributed by atoms with van der Waals surface area (Å²) in [7, 11) is 1.72. The Kier molecular flexibility index (Phi) is 8.35. The SMILES string of the molecule is CCNC(=NCC(C)c1c(C)noc1C)NCC(c1cccc(OC)c1)N1CCCC1. The molecular formula is C24H37N5O2. The van der Waals surface area contributed by atoms with E-state index in [4.69, 9.17) is 14.3 Å². The number of aryl methyl sites for hydroxylation is 2. The van der Waals surface area contributed by atoms with Crippen LogP contribution in [-0.4, -0.2) is 55.8 Å². The molecule has 31 heavy (non-hydrogen) atoms. The van der Waals surface area contributed by atoms with E-state index >= 15 is 0 Å². The summed E-state index contributed by atoms with van der Waals surface area (Å²) in [5.74, 6) is 2.86. The lowest BCUT2D eigenvalue weighted by atomic mass is 10.00. The first-order valence-electron chi connectivity index (χ1n) is 11.4. The highest BCUT2D eigenvalue weighted by molar-refractivity contribution is 5.79. The van der Waals surface area contributed by atoms with E-state index in [9.17, 15) is 0 Å². The van der Waals surface area contributed by atoms with Crippen molar-refractivity contribution in [2.45, 2.75) is 52.5 Å². The normalized spacial score (nSPS) is 16.9. The summed E-state index contributed by atoms with van der Waals surface area (Å²) in [6, 6.07) is 8.69. The lowest BCUT2D eigenvalue weighted by Gasteiger charge is -2.29. The van der Waals surface area contributed by atoms with Gasteiger partial charge in [-0.05, 0) is 64.4 Å². The van der Waals surface area contributed by atoms with Gasteiger partial charge in [0.05, 0.1) is 18.8 Å². The number of nitrogens with zero attached hydrogens (tertiary/aromatic N) is 3. The minimum absolute atomic E-state index is 0.245. The molecule has 1 aromatic heterocycles. The third-order valence-corrected chi connectivity index (χ3v) is 5.97. The smallest absolute Gasteiger partial charge is 0.191 e. The summed E-state index contributed by atoms with van der Waals surface area (Å²) in [5.41, 5.74) is 3.38. The highest BCUT2D eigenvalue weighted by Gasteiger charge is 2.24. The van der Waals surface area contributed by atoms with Crippen LogP contribution in [0.2, 0.25) is 0 Å². The fraction of sp³-hybridized carbons (Fsp3) is 0.583. The van der Waals surface area contributed by atoms with Gasteiger partial charge in [0.25, 0.3) is 0 Å². The minimum atomic E-state index is 0.245. The van der Waals surface area contributed by atoms with Crippen LogP contribution in [0.4, 0.5) is 0 Å². The van der Waals surface area contributed by atoms with Crippen LogP contribution in [0, 0.1) is 13.8 Å². The third kappa shape index (κ3) is 6.00. The van der Waals surface area contributed by atoms with E-state index < -0.39 is 0 Å². The number of benzene rings is 1. The number of aromatic nitrogens is 1. The molecular weight excluding hydrogens is 390 g/mol. The fourth-order valence-corrected chi connectivity index (χ4v) is 4.41. The Labute approximate surface area is 186 Å². The van der Waals surface area contributed by atoms with Gasteiger partial charge in [0, 0.05) is 31.1 Å². The fourth-order valence-electron chi connectivity index (χ4n) is 4.41. The standard InChI is InChI=1S/C24H37N5O2/c1-6-25-24(26-15-17(2)23-18(3)28-31-19(23)4)27-16-22(29-12-7-8-13-29)20-10-9-11-21(14-20)30-5/h9-11,14,17,22H,6-8,12-13,15-16H2,1-5H3,(H2,25,26,27). The first-order chi connectivity index (χ1) is 15.0. The molecule has 2 atom stereocenters. The molecule has 3 rings (SSSR count). The molecule has 2 unspecified atom stereocenters. The van der Waals surface area contributed by atoms with Gasteiger partial charge in [0.1, 0.15) is 11.5 Å². The summed E-state index contributed by atoms with van der Waals surface area (Å²) in [6.07, 6.45) is 2.51. The topological polar surface area (TPSA) is 74.9 Å². The van der Waals surface area contributed by atoms with Crippen LogP contribution < -0.4 is 15.4 Å². The second-order valence-electron chi connectivity index (χ2n) is 8.27. The molecule has 0 saturated carbocycles. The predicted octanol–water partition coefficient (Wildman–Crippen LogP) is 3.80. The highest BCUT2D eigenvalue weighted by atomic mass is 16.5. The number of hydrogen-bond donors (Lipinski definition) is 2. The minimum Gasteiger partial charge on any atom is -0.497 e. The van der Waals surface area contributed by atoms with Crippen molar-refractivity contribution < 1.29 is 9.26 Å². The number of nitrogens with one attached hydrogen (secondary N) is 2. The number of likely N-dealkylation sites (tertiary alicyclic amines) is 1. The van der Waals surface area contributed by atoms with E-state index in [0.29, 0.717) is 6.54 Å². The van der Waals surface area contributed by atoms with Crippen LogP contribution in [0.3, 0.4) is 0 Å². The van der Waals surface area contributed by atoms with E-state index in [0.717, 1.165) is 54.9 Å². The Bertz CT molecular complexity index is 838. The molecule has 7 heteroatoms.